The van der Waals surface area contributed by atoms with Gasteiger partial charge in [0.05, 0.1) is 30.5 Å². The zero-order valence-electron chi connectivity index (χ0n) is 32.2. The number of carbonyl (C=O) groups excluding carboxylic acids is 2. The number of rotatable bonds is 10. The molecule has 2 atom stereocenters. The van der Waals surface area contributed by atoms with Gasteiger partial charge in [-0.05, 0) is 88.8 Å². The van der Waals surface area contributed by atoms with Crippen molar-refractivity contribution in [2.75, 3.05) is 53.6 Å². The lowest BCUT2D eigenvalue weighted by molar-refractivity contribution is -0.153. The van der Waals surface area contributed by atoms with Crippen LogP contribution < -0.4 is 18.9 Å². The highest BCUT2D eigenvalue weighted by Crippen LogP contribution is 2.39. The molecule has 4 aromatic rings. The predicted octanol–water partition coefficient (Wildman–Crippen LogP) is 9.03. The summed E-state index contributed by atoms with van der Waals surface area (Å²) in [4.78, 5) is 27.7. The van der Waals surface area contributed by atoms with E-state index < -0.39 is 0 Å². The lowest BCUT2D eigenvalue weighted by atomic mass is 9.93. The highest BCUT2D eigenvalue weighted by Gasteiger charge is 2.40. The molecule has 4 heterocycles. The van der Waals surface area contributed by atoms with Crippen LogP contribution in [0, 0.1) is 18.8 Å². The van der Waals surface area contributed by atoms with E-state index in [1.807, 2.05) is 31.2 Å². The van der Waals surface area contributed by atoms with Gasteiger partial charge in [-0.2, -0.15) is 0 Å². The number of halogens is 5. The van der Waals surface area contributed by atoms with E-state index in [0.29, 0.717) is 45.7 Å². The van der Waals surface area contributed by atoms with Crippen LogP contribution in [0.3, 0.4) is 0 Å². The van der Waals surface area contributed by atoms with Crippen LogP contribution >= 0.6 is 62.3 Å². The Morgan fingerprint density at radius 3 is 1.53 bits per heavy atom. The molecule has 0 bridgehead atoms. The second-order valence-corrected chi connectivity index (χ2v) is 17.3. The van der Waals surface area contributed by atoms with Gasteiger partial charge in [0.25, 0.3) is 0 Å². The van der Waals surface area contributed by atoms with Crippen molar-refractivity contribution >= 4 is 74.3 Å². The summed E-state index contributed by atoms with van der Waals surface area (Å²) in [5, 5.41) is 2.33. The van der Waals surface area contributed by atoms with Gasteiger partial charge in [0, 0.05) is 81.6 Å². The van der Waals surface area contributed by atoms with Crippen molar-refractivity contribution in [3.63, 3.8) is 0 Å². The summed E-state index contributed by atoms with van der Waals surface area (Å²) in [5.41, 5.74) is 4.82. The van der Waals surface area contributed by atoms with Gasteiger partial charge in [0.1, 0.15) is 49.4 Å². The zero-order valence-corrected chi connectivity index (χ0v) is 36.8. The number of carbonyl (C=O) groups is 2. The van der Waals surface area contributed by atoms with Gasteiger partial charge in [-0.1, -0.05) is 58.5 Å². The minimum absolute atomic E-state index is 0.0180. The van der Waals surface area contributed by atoms with Crippen molar-refractivity contribution in [1.82, 2.24) is 9.80 Å². The van der Waals surface area contributed by atoms with E-state index in [2.05, 4.69) is 31.8 Å². The number of esters is 2. The normalized spacial score (nSPS) is 19.1. The quantitative estimate of drug-likeness (QED) is 0.144. The molecule has 0 saturated carbocycles. The first-order valence-electron chi connectivity index (χ1n) is 18.9. The van der Waals surface area contributed by atoms with E-state index in [1.165, 1.54) is 14.2 Å². The largest absolute Gasteiger partial charge is 0.492 e. The average molecular weight is 938 g/mol. The van der Waals surface area contributed by atoms with E-state index in [9.17, 15) is 9.59 Å². The Balaban J connectivity index is 0.000000177. The van der Waals surface area contributed by atoms with Crippen molar-refractivity contribution < 1.29 is 38.0 Å². The molecule has 0 amide bonds. The maximum absolute atomic E-state index is 11.6. The van der Waals surface area contributed by atoms with Crippen LogP contribution in [-0.2, 0) is 45.1 Å². The fraction of sp³-hybridized carbons (Fsp3) is 0.395. The van der Waals surface area contributed by atoms with Crippen LogP contribution in [0.25, 0.3) is 0 Å². The van der Waals surface area contributed by atoms with Gasteiger partial charge < -0.3 is 28.4 Å². The predicted molar refractivity (Wildman–Crippen MR) is 227 cm³/mol. The standard InChI is InChI=1S/C22H23Cl2NO4.C21H20BrCl2NO4/c1-13-6-14-7-16(25-9-15(10-25)22(26)27-2)11-28-21(14)8-20(13)29-12-17-18(23)4-3-5-19(17)24;1-27-21(26)13-8-25(9-13)14-5-12-6-16(22)20(7-19(12)28-10-14)29-11-15-17(23)3-2-4-18(15)24/h3-6,8,15-16H,7,9-12H2,1-2H3;2-4,6-7,13-14H,5,8-11H2,1H3. The van der Waals surface area contributed by atoms with Crippen LogP contribution in [0.2, 0.25) is 20.1 Å². The first-order chi connectivity index (χ1) is 27.9. The number of ether oxygens (including phenoxy) is 6. The highest BCUT2D eigenvalue weighted by molar-refractivity contribution is 9.10. The third-order valence-electron chi connectivity index (χ3n) is 11.0. The molecule has 0 aromatic heterocycles. The first-order valence-corrected chi connectivity index (χ1v) is 21.2. The Bertz CT molecular complexity index is 1970. The highest BCUT2D eigenvalue weighted by atomic mass is 79.9. The molecule has 0 radical (unpaired) electrons. The second-order valence-electron chi connectivity index (χ2n) is 14.8. The van der Waals surface area contributed by atoms with Crippen LogP contribution in [0.5, 0.6) is 23.0 Å². The molecule has 58 heavy (non-hydrogen) atoms. The molecule has 308 valence electrons. The number of methoxy groups -OCH3 is 2. The minimum Gasteiger partial charge on any atom is -0.492 e. The number of hydrogen-bond donors (Lipinski definition) is 0. The smallest absolute Gasteiger partial charge is 0.311 e. The Kier molecular flexibility index (Phi) is 13.9. The number of hydrogen-bond acceptors (Lipinski definition) is 10. The van der Waals surface area contributed by atoms with Crippen molar-refractivity contribution in [3.05, 3.63) is 113 Å². The van der Waals surface area contributed by atoms with E-state index in [4.69, 9.17) is 74.8 Å². The molecule has 10 nitrogen and oxygen atoms in total. The zero-order chi connectivity index (χ0) is 41.1. The Morgan fingerprint density at radius 1 is 0.672 bits per heavy atom. The van der Waals surface area contributed by atoms with Gasteiger partial charge in [0.15, 0.2) is 0 Å². The van der Waals surface area contributed by atoms with Gasteiger partial charge in [-0.15, -0.1) is 0 Å². The SMILES string of the molecule is COC(=O)C1CN(C2COc3cc(OCc4c(Cl)cccc4Cl)c(Br)cc3C2)C1.COC(=O)C1CN(C2COc3cc(OCc4c(Cl)cccc4Cl)c(C)cc3C2)C1. The molecule has 2 fully saturated rings. The Morgan fingerprint density at radius 2 is 1.09 bits per heavy atom. The first kappa shape index (κ1) is 42.7. The summed E-state index contributed by atoms with van der Waals surface area (Å²) in [5.74, 6) is 2.78. The number of likely N-dealkylation sites (tertiary alicyclic amines) is 2. The molecule has 8 rings (SSSR count). The fourth-order valence-electron chi connectivity index (χ4n) is 7.52. The fourth-order valence-corrected chi connectivity index (χ4v) is 9.04. The average Bonchev–Trinajstić information content (AvgIpc) is 3.16. The van der Waals surface area contributed by atoms with Crippen LogP contribution in [-0.4, -0.2) is 87.4 Å². The van der Waals surface area contributed by atoms with Gasteiger partial charge in [0.2, 0.25) is 0 Å². The summed E-state index contributed by atoms with van der Waals surface area (Å²) in [6, 6.07) is 19.3. The number of benzene rings is 4. The van der Waals surface area contributed by atoms with Crippen molar-refractivity contribution in [2.45, 2.75) is 45.1 Å². The molecule has 0 N–H and O–H groups in total. The minimum atomic E-state index is -0.137. The summed E-state index contributed by atoms with van der Waals surface area (Å²) < 4.78 is 34.4. The number of aryl methyl sites for hydroxylation is 1. The molecule has 2 unspecified atom stereocenters. The molecular formula is C43H43BrCl4N2O8. The molecule has 15 heteroatoms. The Hall–Kier alpha value is -3.42. The van der Waals surface area contributed by atoms with Crippen LogP contribution in [0.4, 0.5) is 0 Å². The summed E-state index contributed by atoms with van der Waals surface area (Å²) in [7, 11) is 2.87. The van der Waals surface area contributed by atoms with E-state index in [-0.39, 0.29) is 42.5 Å². The lowest BCUT2D eigenvalue weighted by Crippen LogP contribution is -2.57. The van der Waals surface area contributed by atoms with Crippen molar-refractivity contribution in [3.8, 4) is 23.0 Å². The molecule has 0 spiro atoms. The third kappa shape index (κ3) is 9.62. The molecule has 4 aliphatic rings. The van der Waals surface area contributed by atoms with Gasteiger partial charge in [-0.3, -0.25) is 19.4 Å². The second kappa shape index (κ2) is 18.9. The maximum atomic E-state index is 11.6. The molecule has 4 aliphatic heterocycles. The number of fused-ring (bicyclic) bond motifs is 2. The molecule has 0 aliphatic carbocycles. The van der Waals surface area contributed by atoms with Gasteiger partial charge in [-0.25, -0.2) is 0 Å². The third-order valence-corrected chi connectivity index (χ3v) is 13.1. The van der Waals surface area contributed by atoms with Crippen LogP contribution in [0.1, 0.15) is 27.8 Å². The monoisotopic (exact) mass is 934 g/mol. The summed E-state index contributed by atoms with van der Waals surface area (Å²) >= 11 is 28.5. The van der Waals surface area contributed by atoms with E-state index >= 15 is 0 Å². The maximum Gasteiger partial charge on any atom is 0.311 e. The number of nitrogens with zero attached hydrogens (tertiary/aromatic N) is 2. The molecular weight excluding hydrogens is 894 g/mol. The molecule has 2 saturated heterocycles. The van der Waals surface area contributed by atoms with Crippen LogP contribution in [0.15, 0.2) is 65.1 Å². The van der Waals surface area contributed by atoms with Gasteiger partial charge >= 0.3 is 11.9 Å². The molecule has 4 aromatic carbocycles. The Labute approximate surface area is 366 Å². The van der Waals surface area contributed by atoms with E-state index in [1.54, 1.807) is 30.3 Å². The topological polar surface area (TPSA) is 96.0 Å². The van der Waals surface area contributed by atoms with E-state index in [0.717, 1.165) is 88.6 Å². The summed E-state index contributed by atoms with van der Waals surface area (Å²) in [6.45, 7) is 6.66. The lowest BCUT2D eigenvalue weighted by Gasteiger charge is -2.44. The van der Waals surface area contributed by atoms with Crippen molar-refractivity contribution in [2.24, 2.45) is 11.8 Å². The van der Waals surface area contributed by atoms with Crippen molar-refractivity contribution in [1.29, 1.82) is 0 Å². The summed E-state index contributed by atoms with van der Waals surface area (Å²) in [6.07, 6.45) is 1.75.